The average molecular weight is 487 g/mol. The lowest BCUT2D eigenvalue weighted by Crippen LogP contribution is -2.49. The quantitative estimate of drug-likeness (QED) is 0.449. The molecule has 2 aliphatic heterocycles. The van der Waals surface area contributed by atoms with Gasteiger partial charge in [0.1, 0.15) is 11.9 Å². The van der Waals surface area contributed by atoms with Crippen molar-refractivity contribution >= 4 is 23.4 Å². The Hall–Kier alpha value is -3.17. The van der Waals surface area contributed by atoms with Gasteiger partial charge in [-0.25, -0.2) is 13.9 Å². The number of hydrogen-bond acceptors (Lipinski definition) is 6. The van der Waals surface area contributed by atoms with Crippen LogP contribution in [0.2, 0.25) is 0 Å². The van der Waals surface area contributed by atoms with Crippen LogP contribution < -0.4 is 9.80 Å². The highest BCUT2D eigenvalue weighted by molar-refractivity contribution is 5.90. The first kappa shape index (κ1) is 24.9. The van der Waals surface area contributed by atoms with Crippen LogP contribution in [0.5, 0.6) is 0 Å². The number of ether oxygens (including phenoxy) is 1. The molecule has 2 fully saturated rings. The number of hydrogen-bond donors (Lipinski definition) is 0. The van der Waals surface area contributed by atoms with E-state index in [-0.39, 0.29) is 17.8 Å². The van der Waals surface area contributed by atoms with Gasteiger partial charge in [-0.1, -0.05) is 44.2 Å². The van der Waals surface area contributed by atoms with Crippen LogP contribution in [0.25, 0.3) is 0 Å². The molecule has 1 atom stereocenters. The van der Waals surface area contributed by atoms with Gasteiger partial charge in [0.2, 0.25) is 5.91 Å². The van der Waals surface area contributed by atoms with Crippen molar-refractivity contribution in [1.82, 2.24) is 19.9 Å². The summed E-state index contributed by atoms with van der Waals surface area (Å²) in [6.07, 6.45) is 9.96. The molecule has 10 heteroatoms. The number of halogens is 1. The number of cyclic esters (lactones) is 1. The van der Waals surface area contributed by atoms with E-state index in [2.05, 4.69) is 17.2 Å². The summed E-state index contributed by atoms with van der Waals surface area (Å²) in [4.78, 5) is 30.2. The van der Waals surface area contributed by atoms with Gasteiger partial charge < -0.3 is 14.5 Å². The molecular weight excluding hydrogens is 451 g/mol. The van der Waals surface area contributed by atoms with Crippen LogP contribution in [0.1, 0.15) is 51.9 Å². The predicted molar refractivity (Wildman–Crippen MR) is 131 cm³/mol. The topological polar surface area (TPSA) is 83.8 Å². The Balaban J connectivity index is 1.25. The summed E-state index contributed by atoms with van der Waals surface area (Å²) in [5, 5.41) is 7.64. The van der Waals surface area contributed by atoms with E-state index in [9.17, 15) is 9.59 Å². The van der Waals surface area contributed by atoms with Gasteiger partial charge in [-0.3, -0.25) is 9.69 Å². The molecule has 2 saturated heterocycles. The number of nitrogens with zero attached hydrogens (tertiary/aromatic N) is 6. The second-order valence-corrected chi connectivity index (χ2v) is 9.26. The molecule has 0 bridgehead atoms. The molecule has 9 nitrogen and oxygen atoms in total. The highest BCUT2D eigenvalue weighted by Crippen LogP contribution is 2.29. The minimum Gasteiger partial charge on any atom is -0.442 e. The highest BCUT2D eigenvalue weighted by Gasteiger charge is 2.33. The van der Waals surface area contributed by atoms with E-state index in [1.54, 1.807) is 29.2 Å². The highest BCUT2D eigenvalue weighted by atomic mass is 19.1. The first-order valence-electron chi connectivity index (χ1n) is 12.7. The van der Waals surface area contributed by atoms with Gasteiger partial charge in [0.25, 0.3) is 0 Å². The lowest BCUT2D eigenvalue weighted by atomic mass is 10.1. The normalized spacial score (nSPS) is 18.3. The number of unbranched alkanes of at least 4 members (excludes halogenated alkanes) is 5. The molecule has 3 heterocycles. The minimum absolute atomic E-state index is 0.198. The molecular formula is C25H35FN6O3. The lowest BCUT2D eigenvalue weighted by Gasteiger charge is -2.36. The monoisotopic (exact) mass is 486 g/mol. The first-order valence-corrected chi connectivity index (χ1v) is 12.7. The van der Waals surface area contributed by atoms with Crippen molar-refractivity contribution in [2.45, 2.75) is 64.5 Å². The maximum absolute atomic E-state index is 15.0. The molecule has 2 aromatic rings. The van der Waals surface area contributed by atoms with Crippen LogP contribution in [0.4, 0.5) is 20.6 Å². The number of carbonyl (C=O) groups excluding carboxylic acids is 2. The van der Waals surface area contributed by atoms with E-state index >= 15 is 4.39 Å². The van der Waals surface area contributed by atoms with Gasteiger partial charge in [-0.2, -0.15) is 0 Å². The van der Waals surface area contributed by atoms with Gasteiger partial charge in [0.15, 0.2) is 0 Å². The fourth-order valence-electron chi connectivity index (χ4n) is 4.70. The Morgan fingerprint density at radius 3 is 2.60 bits per heavy atom. The molecule has 2 amide bonds. The van der Waals surface area contributed by atoms with Crippen LogP contribution in [-0.2, 0) is 16.1 Å². The van der Waals surface area contributed by atoms with E-state index in [0.717, 1.165) is 12.8 Å². The molecule has 1 aromatic heterocycles. The van der Waals surface area contributed by atoms with Crippen LogP contribution in [-0.4, -0.2) is 70.7 Å². The summed E-state index contributed by atoms with van der Waals surface area (Å²) >= 11 is 0. The third-order valence-electron chi connectivity index (χ3n) is 6.70. The molecule has 35 heavy (non-hydrogen) atoms. The molecule has 0 unspecified atom stereocenters. The largest absolute Gasteiger partial charge is 0.442 e. The van der Waals surface area contributed by atoms with Crippen LogP contribution in [0.3, 0.4) is 0 Å². The average Bonchev–Trinajstić information content (AvgIpc) is 3.50. The standard InChI is InChI=1S/C25H35FN6O3/c1-2-3-4-5-6-7-8-24(33)30-15-13-29(14-16-30)23-10-9-20(17-22(23)26)32-19-21(35-25(32)34)18-31-12-11-27-28-31/h9-12,17,21H,2-8,13-16,18-19H2,1H3/t21-/m0/s1. The Kier molecular flexibility index (Phi) is 8.54. The number of aromatic nitrogens is 3. The summed E-state index contributed by atoms with van der Waals surface area (Å²) in [5.41, 5.74) is 0.952. The fourth-order valence-corrected chi connectivity index (χ4v) is 4.70. The SMILES string of the molecule is CCCCCCCCC(=O)N1CCN(c2ccc(N3C[C@H](Cn4ccnn4)OC3=O)cc2F)CC1. The zero-order valence-corrected chi connectivity index (χ0v) is 20.4. The van der Waals surface area contributed by atoms with Crippen molar-refractivity contribution in [2.24, 2.45) is 0 Å². The number of benzene rings is 1. The van der Waals surface area contributed by atoms with Gasteiger partial charge in [-0.15, -0.1) is 5.10 Å². The Morgan fingerprint density at radius 2 is 1.89 bits per heavy atom. The summed E-state index contributed by atoms with van der Waals surface area (Å²) in [7, 11) is 0. The number of piperazine rings is 1. The van der Waals surface area contributed by atoms with Crippen molar-refractivity contribution in [3.05, 3.63) is 36.4 Å². The number of carbonyl (C=O) groups is 2. The summed E-state index contributed by atoms with van der Waals surface area (Å²) < 4.78 is 22.0. The zero-order chi connectivity index (χ0) is 24.6. The van der Waals surface area contributed by atoms with E-state index in [4.69, 9.17) is 4.74 Å². The third kappa shape index (κ3) is 6.49. The Bertz CT molecular complexity index is 978. The molecule has 0 radical (unpaired) electrons. The second-order valence-electron chi connectivity index (χ2n) is 9.26. The molecule has 0 spiro atoms. The van der Waals surface area contributed by atoms with E-state index in [1.165, 1.54) is 36.6 Å². The zero-order valence-electron chi connectivity index (χ0n) is 20.4. The van der Waals surface area contributed by atoms with Crippen LogP contribution >= 0.6 is 0 Å². The van der Waals surface area contributed by atoms with E-state index in [1.807, 2.05) is 9.80 Å². The molecule has 0 saturated carbocycles. The van der Waals surface area contributed by atoms with Crippen molar-refractivity contribution in [2.75, 3.05) is 42.5 Å². The molecule has 1 aromatic carbocycles. The van der Waals surface area contributed by atoms with Gasteiger partial charge >= 0.3 is 6.09 Å². The Labute approximate surface area is 205 Å². The molecule has 0 N–H and O–H groups in total. The van der Waals surface area contributed by atoms with Gasteiger partial charge in [-0.05, 0) is 24.6 Å². The van der Waals surface area contributed by atoms with E-state index in [0.29, 0.717) is 57.1 Å². The first-order chi connectivity index (χ1) is 17.0. The van der Waals surface area contributed by atoms with Crippen molar-refractivity contribution < 1.29 is 18.7 Å². The molecule has 4 rings (SSSR count). The predicted octanol–water partition coefficient (Wildman–Crippen LogP) is 3.84. The molecule has 2 aliphatic rings. The second kappa shape index (κ2) is 12.0. The smallest absolute Gasteiger partial charge is 0.414 e. The van der Waals surface area contributed by atoms with Crippen LogP contribution in [0.15, 0.2) is 30.6 Å². The summed E-state index contributed by atoms with van der Waals surface area (Å²) in [6.45, 7) is 5.28. The van der Waals surface area contributed by atoms with Crippen LogP contribution in [0, 0.1) is 5.82 Å². The Morgan fingerprint density at radius 1 is 1.11 bits per heavy atom. The van der Waals surface area contributed by atoms with Crippen molar-refractivity contribution in [1.29, 1.82) is 0 Å². The van der Waals surface area contributed by atoms with Crippen molar-refractivity contribution in [3.8, 4) is 0 Å². The summed E-state index contributed by atoms with van der Waals surface area (Å²) in [5.74, 6) is -0.189. The maximum atomic E-state index is 15.0. The number of anilines is 2. The molecule has 0 aliphatic carbocycles. The number of rotatable bonds is 11. The summed E-state index contributed by atoms with van der Waals surface area (Å²) in [6, 6.07) is 4.83. The van der Waals surface area contributed by atoms with E-state index < -0.39 is 6.09 Å². The fraction of sp³-hybridized carbons (Fsp3) is 0.600. The third-order valence-corrected chi connectivity index (χ3v) is 6.70. The minimum atomic E-state index is -0.500. The van der Waals surface area contributed by atoms with Gasteiger partial charge in [0.05, 0.1) is 30.7 Å². The lowest BCUT2D eigenvalue weighted by molar-refractivity contribution is -0.131. The van der Waals surface area contributed by atoms with Gasteiger partial charge in [0, 0.05) is 38.8 Å². The molecule has 190 valence electrons. The number of amides is 2. The maximum Gasteiger partial charge on any atom is 0.414 e. The van der Waals surface area contributed by atoms with Crippen molar-refractivity contribution in [3.63, 3.8) is 0 Å².